The predicted molar refractivity (Wildman–Crippen MR) is 83.6 cm³/mol. The molecule has 0 spiro atoms. The van der Waals surface area contributed by atoms with Gasteiger partial charge in [-0.15, -0.1) is 11.8 Å². The number of rotatable bonds is 6. The maximum atomic E-state index is 12.1. The number of hydrogen-bond acceptors (Lipinski definition) is 6. The third kappa shape index (κ3) is 3.65. The van der Waals surface area contributed by atoms with Crippen molar-refractivity contribution in [3.8, 4) is 5.75 Å². The van der Waals surface area contributed by atoms with Gasteiger partial charge in [-0.3, -0.25) is 4.79 Å². The number of aromatic nitrogens is 1. The summed E-state index contributed by atoms with van der Waals surface area (Å²) in [6, 6.07) is 10.1. The van der Waals surface area contributed by atoms with E-state index >= 15 is 0 Å². The fraction of sp³-hybridized carbons (Fsp3) is 0.188. The summed E-state index contributed by atoms with van der Waals surface area (Å²) in [7, 11) is 1.48. The second-order valence-electron chi connectivity index (χ2n) is 4.26. The Balaban J connectivity index is 2.06. The molecule has 1 aromatic carbocycles. The molecule has 0 saturated carbocycles. The van der Waals surface area contributed by atoms with Gasteiger partial charge in [-0.25, -0.2) is 9.78 Å². The summed E-state index contributed by atoms with van der Waals surface area (Å²) < 4.78 is 10.2. The Kier molecular flexibility index (Phi) is 5.55. The number of Topliss-reactive ketones (excluding diaryl/α,β-unsaturated/α-hetero) is 1. The molecule has 2 rings (SSSR count). The van der Waals surface area contributed by atoms with Crippen molar-refractivity contribution >= 4 is 23.5 Å². The zero-order chi connectivity index (χ0) is 15.9. The largest absolute Gasteiger partial charge is 0.496 e. The molecule has 0 bridgehead atoms. The van der Waals surface area contributed by atoms with Crippen LogP contribution in [0.25, 0.3) is 0 Å². The van der Waals surface area contributed by atoms with Crippen LogP contribution in [0.1, 0.15) is 20.7 Å². The van der Waals surface area contributed by atoms with Crippen LogP contribution >= 0.6 is 11.8 Å². The van der Waals surface area contributed by atoms with Crippen LogP contribution in [0.15, 0.2) is 47.6 Å². The van der Waals surface area contributed by atoms with E-state index in [1.54, 1.807) is 42.6 Å². The van der Waals surface area contributed by atoms with Crippen LogP contribution in [-0.2, 0) is 4.74 Å². The maximum absolute atomic E-state index is 12.1. The summed E-state index contributed by atoms with van der Waals surface area (Å²) in [5.41, 5.74) is 0.733. The molecule has 0 N–H and O–H groups in total. The highest BCUT2D eigenvalue weighted by molar-refractivity contribution is 7.98. The zero-order valence-corrected chi connectivity index (χ0v) is 13.1. The first kappa shape index (κ1) is 16.0. The predicted octanol–water partition coefficient (Wildman–Crippen LogP) is 2.85. The van der Waals surface area contributed by atoms with Crippen LogP contribution in [-0.4, -0.2) is 36.7 Å². The number of ketones is 1. The third-order valence-corrected chi connectivity index (χ3v) is 3.64. The summed E-state index contributed by atoms with van der Waals surface area (Å²) in [5.74, 6) is -0.434. The number of methoxy groups -OCH3 is 1. The minimum atomic E-state index is -0.569. The monoisotopic (exact) mass is 317 g/mol. The molecule has 0 aliphatic heterocycles. The summed E-state index contributed by atoms with van der Waals surface area (Å²) in [4.78, 5) is 28.3. The number of hydrogen-bond donors (Lipinski definition) is 0. The first-order chi connectivity index (χ1) is 10.7. The molecule has 0 radical (unpaired) electrons. The zero-order valence-electron chi connectivity index (χ0n) is 12.2. The lowest BCUT2D eigenvalue weighted by atomic mass is 10.1. The number of para-hydroxylation sites is 1. The van der Waals surface area contributed by atoms with E-state index in [2.05, 4.69) is 4.98 Å². The molecular weight excluding hydrogens is 302 g/mol. The number of ether oxygens (including phenoxy) is 2. The van der Waals surface area contributed by atoms with Crippen LogP contribution in [0, 0.1) is 0 Å². The van der Waals surface area contributed by atoms with Crippen LogP contribution in [0.2, 0.25) is 0 Å². The molecule has 114 valence electrons. The van der Waals surface area contributed by atoms with Gasteiger partial charge in [-0.2, -0.15) is 0 Å². The minimum Gasteiger partial charge on any atom is -0.496 e. The van der Waals surface area contributed by atoms with Crippen molar-refractivity contribution in [2.75, 3.05) is 20.0 Å². The van der Waals surface area contributed by atoms with E-state index in [0.29, 0.717) is 21.9 Å². The van der Waals surface area contributed by atoms with Gasteiger partial charge >= 0.3 is 5.97 Å². The molecule has 1 heterocycles. The van der Waals surface area contributed by atoms with Gasteiger partial charge in [0, 0.05) is 6.20 Å². The lowest BCUT2D eigenvalue weighted by Gasteiger charge is -2.09. The SMILES string of the molecule is COc1ccccc1C(=O)COC(=O)c1cccnc1SC. The van der Waals surface area contributed by atoms with E-state index in [-0.39, 0.29) is 12.4 Å². The molecule has 0 atom stereocenters. The summed E-state index contributed by atoms with van der Waals surface area (Å²) in [6.45, 7) is -0.345. The van der Waals surface area contributed by atoms with Crippen molar-refractivity contribution in [1.82, 2.24) is 4.98 Å². The Hall–Kier alpha value is -2.34. The Bertz CT molecular complexity index is 628. The highest BCUT2D eigenvalue weighted by atomic mass is 32.2. The molecule has 5 nitrogen and oxygen atoms in total. The van der Waals surface area contributed by atoms with E-state index in [1.807, 2.05) is 6.26 Å². The number of carbonyl (C=O) groups excluding carboxylic acids is 2. The second kappa shape index (κ2) is 7.61. The standard InChI is InChI=1S/C16H15NO4S/c1-20-14-8-4-3-6-11(14)13(18)10-21-16(19)12-7-5-9-17-15(12)22-2/h3-9H,10H2,1-2H3. The Morgan fingerprint density at radius 2 is 1.86 bits per heavy atom. The fourth-order valence-corrected chi connectivity index (χ4v) is 2.41. The first-order valence-corrected chi connectivity index (χ1v) is 7.72. The molecule has 2 aromatic rings. The number of nitrogens with zero attached hydrogens (tertiary/aromatic N) is 1. The summed E-state index contributed by atoms with van der Waals surface area (Å²) in [6.07, 6.45) is 3.42. The molecule has 0 fully saturated rings. The number of pyridine rings is 1. The van der Waals surface area contributed by atoms with Gasteiger partial charge in [0.1, 0.15) is 10.8 Å². The lowest BCUT2D eigenvalue weighted by Crippen LogP contribution is -2.15. The first-order valence-electron chi connectivity index (χ1n) is 6.49. The van der Waals surface area contributed by atoms with Crippen LogP contribution in [0.5, 0.6) is 5.75 Å². The number of esters is 1. The van der Waals surface area contributed by atoms with Gasteiger partial charge in [0.15, 0.2) is 6.61 Å². The summed E-state index contributed by atoms with van der Waals surface area (Å²) in [5, 5.41) is 0.567. The van der Waals surface area contributed by atoms with Crippen molar-refractivity contribution in [2.24, 2.45) is 0 Å². The van der Waals surface area contributed by atoms with Gasteiger partial charge in [-0.05, 0) is 30.5 Å². The van der Waals surface area contributed by atoms with Crippen LogP contribution in [0.4, 0.5) is 0 Å². The molecule has 1 aromatic heterocycles. The normalized spacial score (nSPS) is 10.1. The minimum absolute atomic E-state index is 0.319. The number of thioether (sulfide) groups is 1. The van der Waals surface area contributed by atoms with E-state index in [0.717, 1.165) is 0 Å². The Labute approximate surface area is 132 Å². The molecule has 0 saturated heterocycles. The average molecular weight is 317 g/mol. The van der Waals surface area contributed by atoms with Gasteiger partial charge in [0.05, 0.1) is 18.2 Å². The Morgan fingerprint density at radius 3 is 2.59 bits per heavy atom. The van der Waals surface area contributed by atoms with Crippen LogP contribution in [0.3, 0.4) is 0 Å². The highest BCUT2D eigenvalue weighted by Crippen LogP contribution is 2.20. The van der Waals surface area contributed by atoms with E-state index in [4.69, 9.17) is 9.47 Å². The number of carbonyl (C=O) groups is 2. The fourth-order valence-electron chi connectivity index (χ4n) is 1.87. The molecular formula is C16H15NO4S. The molecule has 0 unspecified atom stereocenters. The smallest absolute Gasteiger partial charge is 0.341 e. The van der Waals surface area contributed by atoms with Gasteiger partial charge in [0.2, 0.25) is 5.78 Å². The van der Waals surface area contributed by atoms with E-state index in [9.17, 15) is 9.59 Å². The maximum Gasteiger partial charge on any atom is 0.341 e. The highest BCUT2D eigenvalue weighted by Gasteiger charge is 2.17. The van der Waals surface area contributed by atoms with Crippen molar-refractivity contribution < 1.29 is 19.1 Å². The van der Waals surface area contributed by atoms with Crippen molar-refractivity contribution in [3.63, 3.8) is 0 Å². The molecule has 0 aliphatic carbocycles. The second-order valence-corrected chi connectivity index (χ2v) is 5.05. The van der Waals surface area contributed by atoms with Gasteiger partial charge < -0.3 is 9.47 Å². The van der Waals surface area contributed by atoms with Crippen molar-refractivity contribution in [2.45, 2.75) is 5.03 Å². The third-order valence-electron chi connectivity index (χ3n) is 2.93. The van der Waals surface area contributed by atoms with Crippen LogP contribution < -0.4 is 4.74 Å². The topological polar surface area (TPSA) is 65.5 Å². The van der Waals surface area contributed by atoms with E-state index in [1.165, 1.54) is 18.9 Å². The van der Waals surface area contributed by atoms with Gasteiger partial charge in [0.25, 0.3) is 0 Å². The molecule has 0 aliphatic rings. The average Bonchev–Trinajstić information content (AvgIpc) is 2.59. The Morgan fingerprint density at radius 1 is 1.14 bits per heavy atom. The van der Waals surface area contributed by atoms with Crippen molar-refractivity contribution in [3.05, 3.63) is 53.7 Å². The molecule has 6 heteroatoms. The quantitative estimate of drug-likeness (QED) is 0.464. The lowest BCUT2D eigenvalue weighted by molar-refractivity contribution is 0.0469. The molecule has 22 heavy (non-hydrogen) atoms. The molecule has 0 amide bonds. The van der Waals surface area contributed by atoms with Gasteiger partial charge in [-0.1, -0.05) is 12.1 Å². The van der Waals surface area contributed by atoms with Crippen molar-refractivity contribution in [1.29, 1.82) is 0 Å². The number of benzene rings is 1. The van der Waals surface area contributed by atoms with E-state index < -0.39 is 5.97 Å². The summed E-state index contributed by atoms with van der Waals surface area (Å²) >= 11 is 1.34.